The van der Waals surface area contributed by atoms with E-state index in [9.17, 15) is 28.1 Å². The number of nitriles is 1. The van der Waals surface area contributed by atoms with Gasteiger partial charge in [0, 0.05) is 42.8 Å². The van der Waals surface area contributed by atoms with E-state index in [0.717, 1.165) is 12.8 Å². The molecule has 2 aliphatic heterocycles. The monoisotopic (exact) mass is 767 g/mol. The zero-order valence-electron chi connectivity index (χ0n) is 28.8. The number of thiazole rings is 1. The summed E-state index contributed by atoms with van der Waals surface area (Å²) >= 11 is 7.96. The van der Waals surface area contributed by atoms with Gasteiger partial charge in [0.25, 0.3) is 5.91 Å². The number of hydrogen-bond donors (Lipinski definition) is 2. The van der Waals surface area contributed by atoms with E-state index in [2.05, 4.69) is 15.0 Å². The zero-order chi connectivity index (χ0) is 37.0. The van der Waals surface area contributed by atoms with Gasteiger partial charge in [-0.1, -0.05) is 23.8 Å². The summed E-state index contributed by atoms with van der Waals surface area (Å²) < 4.78 is 39.4. The first kappa shape index (κ1) is 35.9. The van der Waals surface area contributed by atoms with E-state index in [1.54, 1.807) is 42.5 Å². The van der Waals surface area contributed by atoms with Gasteiger partial charge < -0.3 is 24.6 Å². The lowest BCUT2D eigenvalue weighted by Crippen LogP contribution is -2.58. The van der Waals surface area contributed by atoms with Crippen molar-refractivity contribution in [1.82, 2.24) is 29.8 Å². The van der Waals surface area contributed by atoms with Gasteiger partial charge in [0.1, 0.15) is 51.0 Å². The van der Waals surface area contributed by atoms with E-state index in [0.29, 0.717) is 58.9 Å². The Balaban J connectivity index is 1.21. The number of pyridine rings is 1. The van der Waals surface area contributed by atoms with Crippen LogP contribution in [0.3, 0.4) is 0 Å². The highest BCUT2D eigenvalue weighted by Crippen LogP contribution is 2.48. The topological polar surface area (TPSA) is 184 Å². The van der Waals surface area contributed by atoms with Crippen molar-refractivity contribution in [2.45, 2.75) is 74.3 Å². The van der Waals surface area contributed by atoms with Gasteiger partial charge >= 0.3 is 6.03 Å². The minimum Gasteiger partial charge on any atom is -0.495 e. The van der Waals surface area contributed by atoms with E-state index >= 15 is 0 Å². The SMILES string of the molecule is COc1ccc2c(O[C@H]3C[C@H]4C(=O)N(C)CCCC/C=C\[C@@H]5C[C@@]5(C(=O)NS(=O)(=O)C5(C)CC5)NC(=O)N4C3)cc(-c3nc(C#N)cs3)nc2c1Cl. The quantitative estimate of drug-likeness (QED) is 0.327. The number of amides is 4. The van der Waals surface area contributed by atoms with Gasteiger partial charge in [-0.2, -0.15) is 5.26 Å². The van der Waals surface area contributed by atoms with E-state index < -0.39 is 50.3 Å². The van der Waals surface area contributed by atoms with Crippen LogP contribution in [0.5, 0.6) is 11.5 Å². The minimum absolute atomic E-state index is 0.0104. The molecule has 3 fully saturated rings. The molecule has 2 aromatic heterocycles. The summed E-state index contributed by atoms with van der Waals surface area (Å²) in [4.78, 5) is 53.9. The molecule has 0 unspecified atom stereocenters. The number of benzene rings is 1. The van der Waals surface area contributed by atoms with Crippen LogP contribution in [0.4, 0.5) is 4.79 Å². The molecule has 1 saturated heterocycles. The highest BCUT2D eigenvalue weighted by Gasteiger charge is 2.63. The van der Waals surface area contributed by atoms with Crippen molar-refractivity contribution < 1.29 is 32.3 Å². The molecule has 0 bridgehead atoms. The molecule has 1 aromatic carbocycles. The van der Waals surface area contributed by atoms with Crippen molar-refractivity contribution in [2.75, 3.05) is 27.2 Å². The highest BCUT2D eigenvalue weighted by atomic mass is 35.5. The number of ether oxygens (including phenoxy) is 2. The summed E-state index contributed by atoms with van der Waals surface area (Å²) in [6, 6.07) is 5.56. The van der Waals surface area contributed by atoms with E-state index in [1.807, 2.05) is 18.2 Å². The number of methoxy groups -OCH3 is 1. The first-order valence-electron chi connectivity index (χ1n) is 17.1. The maximum absolute atomic E-state index is 14.2. The number of carbonyl (C=O) groups is 3. The van der Waals surface area contributed by atoms with Gasteiger partial charge in [-0.25, -0.2) is 23.2 Å². The first-order valence-corrected chi connectivity index (χ1v) is 19.8. The molecule has 4 amide bonds. The molecule has 274 valence electrons. The van der Waals surface area contributed by atoms with Gasteiger partial charge in [0.2, 0.25) is 15.9 Å². The normalized spacial score (nSPS) is 26.3. The standard InChI is InChI=1S/C35H38ClN7O7S2/c1-34(11-12-34)52(47,48)41-32(45)35-16-20(35)8-6-4-5-7-13-42(2)31(44)25-14-22(18-43(25)33(46)40-35)50-27-15-24(30-38-21(17-37)19-51-30)39-29-23(27)9-10-26(49-3)28(29)36/h6,8-10,15,19-20,22,25H,4-5,7,11-14,16,18H2,1-3H3,(H,40,46)(H,41,45)/b8-6-/t20-,22+,25+,35-/m1/s1. The largest absolute Gasteiger partial charge is 0.495 e. The number of nitrogens with one attached hydrogen (secondary N) is 2. The van der Waals surface area contributed by atoms with Crippen LogP contribution in [-0.2, 0) is 19.6 Å². The number of carbonyl (C=O) groups excluding carboxylic acids is 3. The Bertz CT molecular complexity index is 2150. The Labute approximate surface area is 310 Å². The fourth-order valence-electron chi connectivity index (χ4n) is 6.80. The molecule has 2 aliphatic carbocycles. The fourth-order valence-corrected chi connectivity index (χ4v) is 9.10. The molecule has 2 N–H and O–H groups in total. The average molecular weight is 768 g/mol. The Hall–Kier alpha value is -4.46. The Kier molecular flexibility index (Phi) is 9.33. The Morgan fingerprint density at radius 3 is 2.71 bits per heavy atom. The van der Waals surface area contributed by atoms with Crippen molar-refractivity contribution in [3.8, 4) is 28.3 Å². The van der Waals surface area contributed by atoms with Gasteiger partial charge in [-0.05, 0) is 57.6 Å². The van der Waals surface area contributed by atoms with Crippen molar-refractivity contribution in [2.24, 2.45) is 5.92 Å². The van der Waals surface area contributed by atoms with Crippen LogP contribution in [-0.4, -0.2) is 95.7 Å². The van der Waals surface area contributed by atoms with Crippen LogP contribution in [0.25, 0.3) is 21.6 Å². The second kappa shape index (κ2) is 13.5. The molecule has 0 radical (unpaired) electrons. The van der Waals surface area contributed by atoms with Crippen LogP contribution in [0.15, 0.2) is 35.7 Å². The summed E-state index contributed by atoms with van der Waals surface area (Å²) in [7, 11) is -0.772. The minimum atomic E-state index is -3.96. The van der Waals surface area contributed by atoms with Gasteiger partial charge in [-0.15, -0.1) is 11.3 Å². The Morgan fingerprint density at radius 2 is 2.00 bits per heavy atom. The molecule has 14 nitrogen and oxygen atoms in total. The van der Waals surface area contributed by atoms with Crippen molar-refractivity contribution in [1.29, 1.82) is 5.26 Å². The number of aromatic nitrogens is 2. The predicted octanol–water partition coefficient (Wildman–Crippen LogP) is 4.38. The predicted molar refractivity (Wildman–Crippen MR) is 193 cm³/mol. The number of halogens is 1. The lowest BCUT2D eigenvalue weighted by Gasteiger charge is -2.30. The van der Waals surface area contributed by atoms with Gasteiger partial charge in [-0.3, -0.25) is 14.3 Å². The second-order valence-electron chi connectivity index (χ2n) is 14.1. The molecule has 4 heterocycles. The lowest BCUT2D eigenvalue weighted by molar-refractivity contribution is -0.134. The van der Waals surface area contributed by atoms with Crippen LogP contribution >= 0.6 is 22.9 Å². The summed E-state index contributed by atoms with van der Waals surface area (Å²) in [5.74, 6) is -0.702. The van der Waals surface area contributed by atoms with Gasteiger partial charge in [0.15, 0.2) is 5.69 Å². The second-order valence-corrected chi connectivity index (χ2v) is 17.5. The summed E-state index contributed by atoms with van der Waals surface area (Å²) in [5, 5.41) is 15.1. The number of likely N-dealkylation sites (N-methyl/N-ethyl adjacent to an activating group) is 1. The molecule has 52 heavy (non-hydrogen) atoms. The highest BCUT2D eigenvalue weighted by molar-refractivity contribution is 7.91. The molecule has 4 aliphatic rings. The number of urea groups is 1. The summed E-state index contributed by atoms with van der Waals surface area (Å²) in [5.41, 5.74) is -0.469. The fraction of sp³-hybridized carbons (Fsp3) is 0.486. The number of nitrogens with zero attached hydrogens (tertiary/aromatic N) is 5. The molecular weight excluding hydrogens is 730 g/mol. The van der Waals surface area contributed by atoms with Crippen LogP contribution in [0.2, 0.25) is 5.02 Å². The smallest absolute Gasteiger partial charge is 0.319 e. The third kappa shape index (κ3) is 6.54. The molecule has 4 atom stereocenters. The van der Waals surface area contributed by atoms with Crippen LogP contribution in [0.1, 0.15) is 57.6 Å². The van der Waals surface area contributed by atoms with Crippen molar-refractivity contribution in [3.05, 3.63) is 46.4 Å². The number of sulfonamides is 1. The maximum Gasteiger partial charge on any atom is 0.319 e. The average Bonchev–Trinajstić information content (AvgIpc) is 3.90. The third-order valence-corrected chi connectivity index (χ3v) is 13.8. The molecule has 17 heteroatoms. The molecular formula is C35H38ClN7O7S2. The van der Waals surface area contributed by atoms with E-state index in [-0.39, 0.29) is 36.0 Å². The molecule has 3 aromatic rings. The summed E-state index contributed by atoms with van der Waals surface area (Å²) in [6.07, 6.45) is 6.65. The summed E-state index contributed by atoms with van der Waals surface area (Å²) in [6.45, 7) is 2.07. The van der Waals surface area contributed by atoms with E-state index in [4.69, 9.17) is 26.1 Å². The molecule has 0 spiro atoms. The Morgan fingerprint density at radius 1 is 1.21 bits per heavy atom. The molecule has 7 rings (SSSR count). The van der Waals surface area contributed by atoms with Crippen LogP contribution in [0, 0.1) is 17.2 Å². The van der Waals surface area contributed by atoms with Crippen molar-refractivity contribution >= 4 is 61.7 Å². The van der Waals surface area contributed by atoms with Crippen molar-refractivity contribution in [3.63, 3.8) is 0 Å². The van der Waals surface area contributed by atoms with Gasteiger partial charge in [0.05, 0.1) is 23.9 Å². The lowest BCUT2D eigenvalue weighted by atomic mass is 10.1. The van der Waals surface area contributed by atoms with Crippen LogP contribution < -0.4 is 19.5 Å². The molecule has 2 saturated carbocycles. The zero-order valence-corrected chi connectivity index (χ0v) is 31.2. The maximum atomic E-state index is 14.2. The number of fused-ring (bicyclic) bond motifs is 3. The van der Waals surface area contributed by atoms with E-state index in [1.165, 1.54) is 23.3 Å². The number of allylic oxidation sites excluding steroid dienone is 1. The number of rotatable bonds is 7. The third-order valence-electron chi connectivity index (χ3n) is 10.4. The number of hydrogen-bond acceptors (Lipinski definition) is 11. The first-order chi connectivity index (χ1) is 24.8.